The van der Waals surface area contributed by atoms with Crippen LogP contribution in [0.15, 0.2) is 0 Å². The van der Waals surface area contributed by atoms with Crippen LogP contribution in [0.25, 0.3) is 0 Å². The van der Waals surface area contributed by atoms with Gasteiger partial charge in [-0.15, -0.1) is 7.92 Å². The summed E-state index contributed by atoms with van der Waals surface area (Å²) in [6.45, 7) is 2.35. The highest BCUT2D eigenvalue weighted by Crippen LogP contribution is 2.56. The lowest BCUT2D eigenvalue weighted by Crippen LogP contribution is -2.22. The quantitative estimate of drug-likeness (QED) is 0.390. The lowest BCUT2D eigenvalue weighted by Gasteiger charge is -2.38. The Morgan fingerprint density at radius 1 is 0.722 bits per heavy atom. The molecule has 2 saturated carbocycles. The van der Waals surface area contributed by atoms with Crippen LogP contribution >= 0.6 is 7.92 Å². The van der Waals surface area contributed by atoms with Crippen molar-refractivity contribution in [1.29, 1.82) is 0 Å². The van der Waals surface area contributed by atoms with E-state index in [0.29, 0.717) is 7.92 Å². The van der Waals surface area contributed by atoms with Crippen molar-refractivity contribution < 1.29 is 0 Å². The molecule has 2 aliphatic rings. The third kappa shape index (κ3) is 4.52. The van der Waals surface area contributed by atoms with Crippen LogP contribution in [0.2, 0.25) is 0 Å². The summed E-state index contributed by atoms with van der Waals surface area (Å²) in [5, 5.41) is 0. The smallest absolute Gasteiger partial charge is 0.0207 e. The first-order valence-corrected chi connectivity index (χ1v) is 10.3. The highest BCUT2D eigenvalue weighted by molar-refractivity contribution is 7.59. The van der Waals surface area contributed by atoms with Crippen LogP contribution in [-0.4, -0.2) is 17.5 Å². The Morgan fingerprint density at radius 2 is 1.22 bits per heavy atom. The first kappa shape index (κ1) is 14.8. The van der Waals surface area contributed by atoms with Crippen molar-refractivity contribution in [3.63, 3.8) is 0 Å². The van der Waals surface area contributed by atoms with Gasteiger partial charge in [-0.05, 0) is 49.6 Å². The van der Waals surface area contributed by atoms with Crippen molar-refractivity contribution in [3.8, 4) is 0 Å². The number of hydrogen-bond acceptors (Lipinski definition) is 0. The molecule has 0 amide bonds. The van der Waals surface area contributed by atoms with E-state index in [9.17, 15) is 0 Å². The Balaban J connectivity index is 1.87. The minimum absolute atomic E-state index is 0.391. The van der Waals surface area contributed by atoms with Gasteiger partial charge >= 0.3 is 0 Å². The molecule has 2 aliphatic carbocycles. The van der Waals surface area contributed by atoms with E-state index in [1.54, 1.807) is 57.5 Å². The van der Waals surface area contributed by atoms with Gasteiger partial charge < -0.3 is 0 Å². The maximum Gasteiger partial charge on any atom is -0.0207 e. The van der Waals surface area contributed by atoms with Gasteiger partial charge in [0.1, 0.15) is 0 Å². The Labute approximate surface area is 116 Å². The fourth-order valence-corrected chi connectivity index (χ4v) is 8.01. The van der Waals surface area contributed by atoms with Crippen LogP contribution in [0.5, 0.6) is 0 Å². The lowest BCUT2D eigenvalue weighted by atomic mass is 9.99. The summed E-state index contributed by atoms with van der Waals surface area (Å²) in [6.07, 6.45) is 21.6. The summed E-state index contributed by atoms with van der Waals surface area (Å²) in [5.74, 6) is 0. The topological polar surface area (TPSA) is 0 Å². The Morgan fingerprint density at radius 3 is 1.67 bits per heavy atom. The largest absolute Gasteiger partial charge is 0.100 e. The molecule has 0 nitrogen and oxygen atoms in total. The molecule has 0 aliphatic heterocycles. The first-order valence-electron chi connectivity index (χ1n) is 8.67. The molecule has 106 valence electrons. The molecule has 1 heteroatoms. The average Bonchev–Trinajstić information content (AvgIpc) is 2.46. The van der Waals surface area contributed by atoms with E-state index < -0.39 is 0 Å². The molecular weight excluding hydrogens is 235 g/mol. The third-order valence-corrected chi connectivity index (χ3v) is 8.85. The molecule has 0 bridgehead atoms. The normalized spacial score (nSPS) is 23.7. The van der Waals surface area contributed by atoms with Crippen molar-refractivity contribution in [2.75, 3.05) is 6.16 Å². The van der Waals surface area contributed by atoms with Crippen LogP contribution < -0.4 is 0 Å². The minimum Gasteiger partial charge on any atom is -0.100 e. The molecule has 0 atom stereocenters. The number of hydrogen-bond donors (Lipinski definition) is 0. The van der Waals surface area contributed by atoms with Crippen LogP contribution in [0, 0.1) is 0 Å². The second-order valence-electron chi connectivity index (χ2n) is 6.53. The minimum atomic E-state index is 0.391. The number of rotatable bonds is 6. The molecule has 0 aromatic rings. The number of unbranched alkanes of at least 4 members (excludes halogenated alkanes) is 2. The van der Waals surface area contributed by atoms with E-state index in [0.717, 1.165) is 0 Å². The van der Waals surface area contributed by atoms with E-state index in [1.165, 1.54) is 43.4 Å². The monoisotopic (exact) mass is 268 g/mol. The SMILES string of the molecule is CCCCCP(C1CCCCC1)C1CCCCC1. The molecule has 0 N–H and O–H groups in total. The molecule has 0 heterocycles. The van der Waals surface area contributed by atoms with Gasteiger partial charge in [0.15, 0.2) is 0 Å². The maximum atomic E-state index is 2.35. The van der Waals surface area contributed by atoms with Gasteiger partial charge in [0.05, 0.1) is 0 Å². The fraction of sp³-hybridized carbons (Fsp3) is 1.00. The van der Waals surface area contributed by atoms with Gasteiger partial charge in [-0.1, -0.05) is 58.3 Å². The van der Waals surface area contributed by atoms with Crippen molar-refractivity contribution in [1.82, 2.24) is 0 Å². The van der Waals surface area contributed by atoms with Crippen molar-refractivity contribution in [2.45, 2.75) is 102 Å². The fourth-order valence-electron chi connectivity index (χ4n) is 4.03. The van der Waals surface area contributed by atoms with Crippen LogP contribution in [0.4, 0.5) is 0 Å². The molecule has 0 saturated heterocycles. The zero-order valence-corrected chi connectivity index (χ0v) is 13.4. The summed E-state index contributed by atoms with van der Waals surface area (Å²) in [7, 11) is 0.391. The Hall–Kier alpha value is 0.430. The average molecular weight is 268 g/mol. The summed E-state index contributed by atoms with van der Waals surface area (Å²) in [4.78, 5) is 0. The van der Waals surface area contributed by atoms with Crippen molar-refractivity contribution in [3.05, 3.63) is 0 Å². The van der Waals surface area contributed by atoms with Crippen LogP contribution in [0.1, 0.15) is 90.4 Å². The zero-order chi connectivity index (χ0) is 12.6. The Kier molecular flexibility index (Phi) is 7.06. The molecule has 0 aromatic carbocycles. The van der Waals surface area contributed by atoms with E-state index in [2.05, 4.69) is 6.92 Å². The maximum absolute atomic E-state index is 2.35. The Bertz CT molecular complexity index is 184. The molecular formula is C17H33P. The van der Waals surface area contributed by atoms with Gasteiger partial charge in [0.2, 0.25) is 0 Å². The molecule has 0 unspecified atom stereocenters. The molecule has 0 aromatic heterocycles. The van der Waals surface area contributed by atoms with Gasteiger partial charge in [0.25, 0.3) is 0 Å². The molecule has 0 spiro atoms. The predicted octanol–water partition coefficient (Wildman–Crippen LogP) is 6.32. The summed E-state index contributed by atoms with van der Waals surface area (Å²) < 4.78 is 0. The van der Waals surface area contributed by atoms with E-state index in [4.69, 9.17) is 0 Å². The molecule has 2 fully saturated rings. The van der Waals surface area contributed by atoms with E-state index >= 15 is 0 Å². The van der Waals surface area contributed by atoms with Gasteiger partial charge in [-0.2, -0.15) is 0 Å². The van der Waals surface area contributed by atoms with Crippen LogP contribution in [-0.2, 0) is 0 Å². The van der Waals surface area contributed by atoms with Gasteiger partial charge in [-0.3, -0.25) is 0 Å². The third-order valence-electron chi connectivity index (χ3n) is 5.11. The van der Waals surface area contributed by atoms with Gasteiger partial charge in [-0.25, -0.2) is 0 Å². The second-order valence-corrected chi connectivity index (χ2v) is 9.46. The van der Waals surface area contributed by atoms with Crippen molar-refractivity contribution >= 4 is 7.92 Å². The summed E-state index contributed by atoms with van der Waals surface area (Å²) in [5.41, 5.74) is 2.35. The highest BCUT2D eigenvalue weighted by atomic mass is 31.1. The first-order chi connectivity index (χ1) is 8.92. The standard InChI is InChI=1S/C17H33P/c1-2-3-10-15-18(16-11-6-4-7-12-16)17-13-8-5-9-14-17/h16-17H,2-15H2,1H3. The molecule has 18 heavy (non-hydrogen) atoms. The van der Waals surface area contributed by atoms with Crippen LogP contribution in [0.3, 0.4) is 0 Å². The highest BCUT2D eigenvalue weighted by Gasteiger charge is 2.30. The lowest BCUT2D eigenvalue weighted by molar-refractivity contribution is 0.483. The van der Waals surface area contributed by atoms with E-state index in [1.807, 2.05) is 0 Å². The van der Waals surface area contributed by atoms with Gasteiger partial charge in [0, 0.05) is 0 Å². The van der Waals surface area contributed by atoms with E-state index in [-0.39, 0.29) is 0 Å². The predicted molar refractivity (Wildman–Crippen MR) is 85.1 cm³/mol. The molecule has 2 rings (SSSR count). The summed E-state index contributed by atoms with van der Waals surface area (Å²) in [6, 6.07) is 0. The van der Waals surface area contributed by atoms with Crippen molar-refractivity contribution in [2.24, 2.45) is 0 Å². The summed E-state index contributed by atoms with van der Waals surface area (Å²) >= 11 is 0. The molecule has 0 radical (unpaired) electrons. The second kappa shape index (κ2) is 8.57. The zero-order valence-electron chi connectivity index (χ0n) is 12.5.